The summed E-state index contributed by atoms with van der Waals surface area (Å²) < 4.78 is 1.45. The largest absolute Gasteiger partial charge is 0.478 e. The summed E-state index contributed by atoms with van der Waals surface area (Å²) in [5.41, 5.74) is 0.992. The molecule has 0 fully saturated rings. The van der Waals surface area contributed by atoms with Gasteiger partial charge in [0.1, 0.15) is 17.6 Å². The van der Waals surface area contributed by atoms with E-state index in [0.717, 1.165) is 0 Å². The van der Waals surface area contributed by atoms with Crippen molar-refractivity contribution >= 4 is 5.97 Å². The molecule has 2 heterocycles. The number of carboxylic acid groups (broad SMARTS) is 1. The van der Waals surface area contributed by atoms with Gasteiger partial charge in [0.25, 0.3) is 0 Å². The van der Waals surface area contributed by atoms with Crippen molar-refractivity contribution in [1.82, 2.24) is 19.7 Å². The van der Waals surface area contributed by atoms with E-state index in [0.29, 0.717) is 11.4 Å². The molecule has 0 radical (unpaired) electrons. The number of hydrogen-bond donors (Lipinski definition) is 1. The molecule has 2 rings (SSSR count). The van der Waals surface area contributed by atoms with E-state index >= 15 is 0 Å². The first-order valence-corrected chi connectivity index (χ1v) is 4.22. The second-order valence-corrected chi connectivity index (χ2v) is 2.96. The molecule has 2 aromatic rings. The molecule has 0 aromatic carbocycles. The smallest absolute Gasteiger partial charge is 0.339 e. The molecule has 0 aliphatic heterocycles. The Hall–Kier alpha value is -2.24. The summed E-state index contributed by atoms with van der Waals surface area (Å²) in [7, 11) is 1.66. The van der Waals surface area contributed by atoms with E-state index in [4.69, 9.17) is 5.11 Å². The van der Waals surface area contributed by atoms with E-state index in [1.165, 1.54) is 17.2 Å². The monoisotopic (exact) mass is 204 g/mol. The van der Waals surface area contributed by atoms with Crippen LogP contribution in [0.25, 0.3) is 11.4 Å². The van der Waals surface area contributed by atoms with Crippen molar-refractivity contribution in [2.75, 3.05) is 0 Å². The van der Waals surface area contributed by atoms with Crippen molar-refractivity contribution in [1.29, 1.82) is 0 Å². The summed E-state index contributed by atoms with van der Waals surface area (Å²) in [6.45, 7) is 0. The van der Waals surface area contributed by atoms with Gasteiger partial charge in [0.15, 0.2) is 0 Å². The molecule has 2 aromatic heterocycles. The molecule has 0 aliphatic rings. The molecular weight excluding hydrogens is 196 g/mol. The standard InChI is InChI=1S/C9H8N4O2/c1-13-4-6(9(14)15)8(12-13)7-2-3-10-5-11-7/h2-5H,1H3,(H,14,15). The SMILES string of the molecule is Cn1cc(C(=O)O)c(-c2ccncn2)n1. The predicted molar refractivity (Wildman–Crippen MR) is 51.2 cm³/mol. The van der Waals surface area contributed by atoms with Gasteiger partial charge in [0, 0.05) is 19.4 Å². The van der Waals surface area contributed by atoms with Crippen LogP contribution in [-0.4, -0.2) is 30.8 Å². The number of rotatable bonds is 2. The van der Waals surface area contributed by atoms with Gasteiger partial charge in [-0.1, -0.05) is 0 Å². The number of nitrogens with zero attached hydrogens (tertiary/aromatic N) is 4. The molecule has 0 unspecified atom stereocenters. The molecule has 0 spiro atoms. The van der Waals surface area contributed by atoms with E-state index in [-0.39, 0.29) is 5.56 Å². The highest BCUT2D eigenvalue weighted by atomic mass is 16.4. The highest BCUT2D eigenvalue weighted by molar-refractivity contribution is 5.93. The van der Waals surface area contributed by atoms with Gasteiger partial charge in [-0.25, -0.2) is 14.8 Å². The van der Waals surface area contributed by atoms with Gasteiger partial charge in [-0.3, -0.25) is 4.68 Å². The quantitative estimate of drug-likeness (QED) is 0.773. The third kappa shape index (κ3) is 1.69. The topological polar surface area (TPSA) is 80.9 Å². The van der Waals surface area contributed by atoms with E-state index in [1.54, 1.807) is 19.3 Å². The van der Waals surface area contributed by atoms with E-state index < -0.39 is 5.97 Å². The highest BCUT2D eigenvalue weighted by Gasteiger charge is 2.16. The Labute approximate surface area is 85.2 Å². The molecular formula is C9H8N4O2. The van der Waals surface area contributed by atoms with Gasteiger partial charge >= 0.3 is 5.97 Å². The molecule has 76 valence electrons. The van der Waals surface area contributed by atoms with E-state index in [2.05, 4.69) is 15.1 Å². The van der Waals surface area contributed by atoms with Gasteiger partial charge in [-0.15, -0.1) is 0 Å². The lowest BCUT2D eigenvalue weighted by atomic mass is 10.2. The number of carboxylic acids is 1. The van der Waals surface area contributed by atoms with Crippen molar-refractivity contribution in [3.63, 3.8) is 0 Å². The maximum Gasteiger partial charge on any atom is 0.339 e. The number of aromatic nitrogens is 4. The lowest BCUT2D eigenvalue weighted by Gasteiger charge is -1.95. The summed E-state index contributed by atoms with van der Waals surface area (Å²) >= 11 is 0. The minimum Gasteiger partial charge on any atom is -0.478 e. The van der Waals surface area contributed by atoms with Gasteiger partial charge in [0.2, 0.25) is 0 Å². The van der Waals surface area contributed by atoms with Crippen LogP contribution < -0.4 is 0 Å². The number of carbonyl (C=O) groups is 1. The first-order chi connectivity index (χ1) is 7.18. The van der Waals surface area contributed by atoms with Crippen LogP contribution in [0, 0.1) is 0 Å². The average Bonchev–Trinajstić information content (AvgIpc) is 2.62. The maximum atomic E-state index is 10.9. The van der Waals surface area contributed by atoms with Gasteiger partial charge in [0.05, 0.1) is 5.69 Å². The molecule has 0 atom stereocenters. The van der Waals surface area contributed by atoms with Gasteiger partial charge in [-0.05, 0) is 6.07 Å². The molecule has 0 amide bonds. The van der Waals surface area contributed by atoms with Gasteiger partial charge in [-0.2, -0.15) is 5.10 Å². The Morgan fingerprint density at radius 1 is 1.53 bits per heavy atom. The molecule has 0 aliphatic carbocycles. The maximum absolute atomic E-state index is 10.9. The molecule has 6 nitrogen and oxygen atoms in total. The third-order valence-electron chi connectivity index (χ3n) is 1.88. The molecule has 0 saturated carbocycles. The predicted octanol–water partition coefficient (Wildman–Crippen LogP) is 0.575. The molecule has 15 heavy (non-hydrogen) atoms. The fraction of sp³-hybridized carbons (Fsp3) is 0.111. The van der Waals surface area contributed by atoms with Crippen molar-refractivity contribution in [2.24, 2.45) is 7.05 Å². The Balaban J connectivity index is 2.58. The first kappa shape index (κ1) is 9.32. The van der Waals surface area contributed by atoms with Crippen molar-refractivity contribution in [3.05, 3.63) is 30.4 Å². The lowest BCUT2D eigenvalue weighted by Crippen LogP contribution is -1.97. The van der Waals surface area contributed by atoms with E-state index in [1.807, 2.05) is 0 Å². The summed E-state index contributed by atoms with van der Waals surface area (Å²) in [6, 6.07) is 1.62. The van der Waals surface area contributed by atoms with Crippen molar-refractivity contribution < 1.29 is 9.90 Å². The summed E-state index contributed by atoms with van der Waals surface area (Å²) in [5, 5.41) is 13.0. The van der Waals surface area contributed by atoms with Crippen molar-refractivity contribution in [3.8, 4) is 11.4 Å². The minimum atomic E-state index is -1.02. The van der Waals surface area contributed by atoms with Crippen LogP contribution in [0.1, 0.15) is 10.4 Å². The van der Waals surface area contributed by atoms with Crippen LogP contribution in [-0.2, 0) is 7.05 Å². The first-order valence-electron chi connectivity index (χ1n) is 4.22. The third-order valence-corrected chi connectivity index (χ3v) is 1.88. The minimum absolute atomic E-state index is 0.135. The lowest BCUT2D eigenvalue weighted by molar-refractivity contribution is 0.0697. The van der Waals surface area contributed by atoms with Crippen molar-refractivity contribution in [2.45, 2.75) is 0 Å². The summed E-state index contributed by atoms with van der Waals surface area (Å²) in [6.07, 6.45) is 4.35. The Morgan fingerprint density at radius 2 is 2.33 bits per heavy atom. The molecule has 0 bridgehead atoms. The fourth-order valence-corrected chi connectivity index (χ4v) is 1.26. The number of aryl methyl sites for hydroxylation is 1. The fourth-order valence-electron chi connectivity index (χ4n) is 1.26. The number of hydrogen-bond acceptors (Lipinski definition) is 4. The zero-order valence-electron chi connectivity index (χ0n) is 7.95. The summed E-state index contributed by atoms with van der Waals surface area (Å²) in [4.78, 5) is 18.6. The van der Waals surface area contributed by atoms with Crippen LogP contribution in [0.5, 0.6) is 0 Å². The van der Waals surface area contributed by atoms with Crippen LogP contribution >= 0.6 is 0 Å². The number of aromatic carboxylic acids is 1. The summed E-state index contributed by atoms with van der Waals surface area (Å²) in [5.74, 6) is -1.02. The Bertz CT molecular complexity index is 492. The van der Waals surface area contributed by atoms with Gasteiger partial charge < -0.3 is 5.11 Å². The van der Waals surface area contributed by atoms with E-state index in [9.17, 15) is 4.79 Å². The normalized spacial score (nSPS) is 10.2. The van der Waals surface area contributed by atoms with Crippen LogP contribution in [0.15, 0.2) is 24.8 Å². The molecule has 0 saturated heterocycles. The van der Waals surface area contributed by atoms with Crippen LogP contribution in [0.4, 0.5) is 0 Å². The second-order valence-electron chi connectivity index (χ2n) is 2.96. The second kappa shape index (κ2) is 3.49. The highest BCUT2D eigenvalue weighted by Crippen LogP contribution is 2.18. The Morgan fingerprint density at radius 3 is 2.93 bits per heavy atom. The van der Waals surface area contributed by atoms with Crippen LogP contribution in [0.2, 0.25) is 0 Å². The molecule has 6 heteroatoms. The zero-order valence-corrected chi connectivity index (χ0v) is 7.95. The van der Waals surface area contributed by atoms with Crippen LogP contribution in [0.3, 0.4) is 0 Å². The Kier molecular flexibility index (Phi) is 2.17. The zero-order chi connectivity index (χ0) is 10.8. The molecule has 1 N–H and O–H groups in total. The average molecular weight is 204 g/mol.